The van der Waals surface area contributed by atoms with Crippen LogP contribution in [0.1, 0.15) is 0 Å². The number of hydrogen-bond donors (Lipinski definition) is 0. The van der Waals surface area contributed by atoms with Gasteiger partial charge in [-0.2, -0.15) is 0 Å². The van der Waals surface area contributed by atoms with E-state index >= 15 is 0 Å². The smallest absolute Gasteiger partial charge is 0.0939 e. The summed E-state index contributed by atoms with van der Waals surface area (Å²) in [5.74, 6) is 0. The Hall–Kier alpha value is -1.05. The molecule has 0 bridgehead atoms. The highest BCUT2D eigenvalue weighted by Gasteiger charge is 2.24. The molecule has 2 atom stereocenters. The third kappa shape index (κ3) is 0.685. The van der Waals surface area contributed by atoms with E-state index in [1.807, 2.05) is 6.34 Å². The minimum Gasteiger partial charge on any atom is -0.357 e. The molecule has 0 aromatic heterocycles. The predicted molar refractivity (Wildman–Crippen MR) is 42.1 cm³/mol. The molecule has 1 heterocycles. The summed E-state index contributed by atoms with van der Waals surface area (Å²) in [6, 6.07) is 0.847. The molecule has 1 aliphatic heterocycles. The maximum absolute atomic E-state index is 4.30. The zero-order chi connectivity index (χ0) is 6.97. The van der Waals surface area contributed by atoms with Crippen LogP contribution in [0, 0.1) is 0 Å². The third-order valence-electron chi connectivity index (χ3n) is 1.97. The highest BCUT2D eigenvalue weighted by Crippen LogP contribution is 2.17. The summed E-state index contributed by atoms with van der Waals surface area (Å²) in [7, 11) is 2.05. The van der Waals surface area contributed by atoms with Crippen molar-refractivity contribution in [3.8, 4) is 0 Å². The molecule has 2 aliphatic rings. The molecule has 0 fully saturated rings. The fourth-order valence-electron chi connectivity index (χ4n) is 1.36. The average Bonchev–Trinajstić information content (AvgIpc) is 2.34. The number of fused-ring (bicyclic) bond motifs is 1. The summed E-state index contributed by atoms with van der Waals surface area (Å²) < 4.78 is 0. The first-order chi connectivity index (χ1) is 4.88. The highest BCUT2D eigenvalue weighted by atomic mass is 15.2. The average molecular weight is 134 g/mol. The molecule has 2 heteroatoms. The van der Waals surface area contributed by atoms with Crippen molar-refractivity contribution in [1.29, 1.82) is 0 Å². The Bertz CT molecular complexity index is 215. The first kappa shape index (κ1) is 5.71. The lowest BCUT2D eigenvalue weighted by Crippen LogP contribution is -2.31. The topological polar surface area (TPSA) is 15.6 Å². The zero-order valence-corrected chi connectivity index (χ0v) is 5.94. The monoisotopic (exact) mass is 134 g/mol. The maximum Gasteiger partial charge on any atom is 0.0939 e. The van der Waals surface area contributed by atoms with Crippen molar-refractivity contribution < 1.29 is 0 Å². The standard InChI is InChI=1S/C8H10N2/c1-10-6-9-7-4-2-3-5-8(7)10/h2-8H,1H3. The molecule has 1 aliphatic carbocycles. The Morgan fingerprint density at radius 1 is 1.30 bits per heavy atom. The fraction of sp³-hybridized carbons (Fsp3) is 0.375. The second kappa shape index (κ2) is 1.97. The fourth-order valence-corrected chi connectivity index (χ4v) is 1.36. The Kier molecular flexibility index (Phi) is 1.13. The molecule has 10 heavy (non-hydrogen) atoms. The molecule has 0 N–H and O–H groups in total. The summed E-state index contributed by atoms with van der Waals surface area (Å²) in [5, 5.41) is 0. The van der Waals surface area contributed by atoms with Crippen molar-refractivity contribution in [3.63, 3.8) is 0 Å². The van der Waals surface area contributed by atoms with Gasteiger partial charge in [0.2, 0.25) is 0 Å². The molecule has 0 aromatic carbocycles. The van der Waals surface area contributed by atoms with E-state index < -0.39 is 0 Å². The van der Waals surface area contributed by atoms with E-state index in [9.17, 15) is 0 Å². The largest absolute Gasteiger partial charge is 0.357 e. The van der Waals surface area contributed by atoms with Crippen LogP contribution in [0.15, 0.2) is 29.3 Å². The quantitative estimate of drug-likeness (QED) is 0.479. The lowest BCUT2D eigenvalue weighted by molar-refractivity contribution is 0.445. The molecule has 0 saturated carbocycles. The van der Waals surface area contributed by atoms with Gasteiger partial charge in [0.1, 0.15) is 0 Å². The van der Waals surface area contributed by atoms with Gasteiger partial charge in [-0.1, -0.05) is 24.3 Å². The first-order valence-corrected chi connectivity index (χ1v) is 3.48. The van der Waals surface area contributed by atoms with Gasteiger partial charge < -0.3 is 4.90 Å². The number of likely N-dealkylation sites (N-methyl/N-ethyl adjacent to an activating group) is 1. The summed E-state index contributed by atoms with van der Waals surface area (Å²) >= 11 is 0. The van der Waals surface area contributed by atoms with Gasteiger partial charge in [0.05, 0.1) is 18.4 Å². The van der Waals surface area contributed by atoms with E-state index in [-0.39, 0.29) is 0 Å². The van der Waals surface area contributed by atoms with Crippen molar-refractivity contribution in [3.05, 3.63) is 24.3 Å². The lowest BCUT2D eigenvalue weighted by Gasteiger charge is -2.20. The number of aliphatic imine (C=N–C) groups is 1. The van der Waals surface area contributed by atoms with E-state index in [2.05, 4.69) is 41.2 Å². The Labute approximate surface area is 60.6 Å². The van der Waals surface area contributed by atoms with Crippen LogP contribution in [-0.2, 0) is 0 Å². The molecule has 0 saturated heterocycles. The second-order valence-corrected chi connectivity index (χ2v) is 2.68. The molecule has 0 aromatic rings. The van der Waals surface area contributed by atoms with Crippen molar-refractivity contribution >= 4 is 6.34 Å². The number of allylic oxidation sites excluding steroid dienone is 2. The van der Waals surface area contributed by atoms with Gasteiger partial charge in [-0.3, -0.25) is 4.99 Å². The molecular formula is C8H10N2. The summed E-state index contributed by atoms with van der Waals surface area (Å²) in [6.07, 6.45) is 10.3. The second-order valence-electron chi connectivity index (χ2n) is 2.68. The summed E-state index contributed by atoms with van der Waals surface area (Å²) in [4.78, 5) is 6.43. The predicted octanol–water partition coefficient (Wildman–Crippen LogP) is 0.823. The highest BCUT2D eigenvalue weighted by molar-refractivity contribution is 5.60. The molecule has 52 valence electrons. The van der Waals surface area contributed by atoms with Crippen molar-refractivity contribution in [1.82, 2.24) is 4.90 Å². The molecule has 2 nitrogen and oxygen atoms in total. The van der Waals surface area contributed by atoms with Crippen LogP contribution in [0.2, 0.25) is 0 Å². The van der Waals surface area contributed by atoms with Crippen LogP contribution in [0.5, 0.6) is 0 Å². The minimum atomic E-state index is 0.370. The van der Waals surface area contributed by atoms with Gasteiger partial charge in [-0.25, -0.2) is 0 Å². The minimum absolute atomic E-state index is 0.370. The maximum atomic E-state index is 4.30. The van der Waals surface area contributed by atoms with E-state index in [1.54, 1.807) is 0 Å². The van der Waals surface area contributed by atoms with Crippen molar-refractivity contribution in [2.75, 3.05) is 7.05 Å². The summed E-state index contributed by atoms with van der Waals surface area (Å²) in [5.41, 5.74) is 0. The van der Waals surface area contributed by atoms with Crippen LogP contribution in [0.4, 0.5) is 0 Å². The van der Waals surface area contributed by atoms with Crippen LogP contribution < -0.4 is 0 Å². The number of hydrogen-bond acceptors (Lipinski definition) is 2. The van der Waals surface area contributed by atoms with Gasteiger partial charge in [0.25, 0.3) is 0 Å². The van der Waals surface area contributed by atoms with Crippen molar-refractivity contribution in [2.45, 2.75) is 12.1 Å². The molecule has 0 radical (unpaired) electrons. The molecule has 2 rings (SSSR count). The van der Waals surface area contributed by atoms with Crippen LogP contribution in [0.25, 0.3) is 0 Å². The van der Waals surface area contributed by atoms with Gasteiger partial charge in [-0.15, -0.1) is 0 Å². The Morgan fingerprint density at radius 2 is 2.10 bits per heavy atom. The van der Waals surface area contributed by atoms with Crippen LogP contribution in [0.3, 0.4) is 0 Å². The van der Waals surface area contributed by atoms with Crippen molar-refractivity contribution in [2.24, 2.45) is 4.99 Å². The number of rotatable bonds is 0. The van der Waals surface area contributed by atoms with Gasteiger partial charge in [0, 0.05) is 7.05 Å². The van der Waals surface area contributed by atoms with Gasteiger partial charge in [0.15, 0.2) is 0 Å². The lowest BCUT2D eigenvalue weighted by atomic mass is 10.0. The molecule has 0 amide bonds. The third-order valence-corrected chi connectivity index (χ3v) is 1.97. The Balaban J connectivity index is 2.26. The van der Waals surface area contributed by atoms with Gasteiger partial charge >= 0.3 is 0 Å². The molecule has 0 spiro atoms. The summed E-state index contributed by atoms with van der Waals surface area (Å²) in [6.45, 7) is 0. The van der Waals surface area contributed by atoms with Crippen LogP contribution in [-0.4, -0.2) is 30.4 Å². The Morgan fingerprint density at radius 3 is 2.90 bits per heavy atom. The van der Waals surface area contributed by atoms with Gasteiger partial charge in [-0.05, 0) is 0 Å². The van der Waals surface area contributed by atoms with E-state index in [0.717, 1.165) is 0 Å². The normalized spacial score (nSPS) is 35.1. The molecule has 2 unspecified atom stereocenters. The van der Waals surface area contributed by atoms with Crippen LogP contribution >= 0.6 is 0 Å². The van der Waals surface area contributed by atoms with E-state index in [1.165, 1.54) is 0 Å². The SMILES string of the molecule is CN1C=NC2C=CC=CC21. The first-order valence-electron chi connectivity index (χ1n) is 3.48. The number of nitrogens with zero attached hydrogens (tertiary/aromatic N) is 2. The molecular weight excluding hydrogens is 124 g/mol. The van der Waals surface area contributed by atoms with E-state index in [4.69, 9.17) is 0 Å². The zero-order valence-electron chi connectivity index (χ0n) is 5.94. The van der Waals surface area contributed by atoms with E-state index in [0.29, 0.717) is 12.1 Å².